The Kier molecular flexibility index (Phi) is 5.99. The van der Waals surface area contributed by atoms with Gasteiger partial charge in [0.05, 0.1) is 12.3 Å². The van der Waals surface area contributed by atoms with Gasteiger partial charge in [-0.05, 0) is 36.1 Å². The predicted octanol–water partition coefficient (Wildman–Crippen LogP) is 3.54. The minimum atomic E-state index is -0.251. The van der Waals surface area contributed by atoms with E-state index in [-0.39, 0.29) is 11.9 Å². The van der Waals surface area contributed by atoms with Crippen LogP contribution in [0.15, 0.2) is 47.1 Å². The summed E-state index contributed by atoms with van der Waals surface area (Å²) in [4.78, 5) is 14.8. The first-order chi connectivity index (χ1) is 14.5. The highest BCUT2D eigenvalue weighted by atomic mass is 16.3. The van der Waals surface area contributed by atoms with E-state index in [1.54, 1.807) is 12.1 Å². The Morgan fingerprint density at radius 3 is 2.60 bits per heavy atom. The zero-order valence-electron chi connectivity index (χ0n) is 17.8. The molecule has 0 saturated heterocycles. The molecule has 1 aromatic carbocycles. The van der Waals surface area contributed by atoms with E-state index in [1.807, 2.05) is 6.92 Å². The second-order valence-electron chi connectivity index (χ2n) is 8.22. The molecule has 2 aromatic heterocycles. The molecule has 1 aliphatic rings. The molecule has 1 atom stereocenters. The molecule has 0 aliphatic carbocycles. The molecule has 1 N–H and O–H groups in total. The van der Waals surface area contributed by atoms with Crippen molar-refractivity contribution in [1.82, 2.24) is 25.0 Å². The molecule has 30 heavy (non-hydrogen) atoms. The molecule has 0 unspecified atom stereocenters. The third-order valence-corrected chi connectivity index (χ3v) is 5.68. The molecule has 158 valence electrons. The van der Waals surface area contributed by atoms with Crippen LogP contribution in [0.3, 0.4) is 0 Å². The van der Waals surface area contributed by atoms with Crippen molar-refractivity contribution in [3.05, 3.63) is 71.2 Å². The van der Waals surface area contributed by atoms with E-state index < -0.39 is 0 Å². The van der Waals surface area contributed by atoms with Gasteiger partial charge in [-0.15, -0.1) is 10.2 Å². The lowest BCUT2D eigenvalue weighted by atomic mass is 10.0. The summed E-state index contributed by atoms with van der Waals surface area (Å²) in [5.74, 6) is 2.36. The lowest BCUT2D eigenvalue weighted by Crippen LogP contribution is -2.30. The molecule has 0 saturated carbocycles. The maximum Gasteiger partial charge on any atom is 0.287 e. The van der Waals surface area contributed by atoms with Crippen LogP contribution in [0.25, 0.3) is 0 Å². The molecule has 0 radical (unpaired) electrons. The minimum absolute atomic E-state index is 0.245. The Bertz CT molecular complexity index is 976. The van der Waals surface area contributed by atoms with E-state index in [9.17, 15) is 4.79 Å². The van der Waals surface area contributed by atoms with Crippen LogP contribution in [0, 0.1) is 0 Å². The number of hydrogen-bond acceptors (Lipinski definition) is 5. The van der Waals surface area contributed by atoms with Crippen molar-refractivity contribution >= 4 is 5.91 Å². The number of amides is 1. The molecule has 3 aromatic rings. The standard InChI is InChI=1S/C23H29N5O2/c1-16(2)19-8-6-18(7-9-19)15-27-11-10-21-25-26-22(28(21)13-12-27)17(3)24-23(29)20-5-4-14-30-20/h4-9,14,16-17H,10-13,15H2,1-3H3,(H,24,29)/t17-/m0/s1. The first-order valence-corrected chi connectivity index (χ1v) is 10.6. The molecule has 0 bridgehead atoms. The highest BCUT2D eigenvalue weighted by Crippen LogP contribution is 2.19. The van der Waals surface area contributed by atoms with Gasteiger partial charge < -0.3 is 14.3 Å². The number of aromatic nitrogens is 3. The minimum Gasteiger partial charge on any atom is -0.459 e. The summed E-state index contributed by atoms with van der Waals surface area (Å²) >= 11 is 0. The largest absolute Gasteiger partial charge is 0.459 e. The maximum absolute atomic E-state index is 12.3. The van der Waals surface area contributed by atoms with Gasteiger partial charge in [0, 0.05) is 32.6 Å². The molecule has 1 aliphatic heterocycles. The highest BCUT2D eigenvalue weighted by Gasteiger charge is 2.23. The number of hydrogen-bond donors (Lipinski definition) is 1. The van der Waals surface area contributed by atoms with Crippen molar-refractivity contribution in [1.29, 1.82) is 0 Å². The van der Waals surface area contributed by atoms with E-state index in [1.165, 1.54) is 17.4 Å². The summed E-state index contributed by atoms with van der Waals surface area (Å²) < 4.78 is 7.32. The monoisotopic (exact) mass is 407 g/mol. The first kappa shape index (κ1) is 20.3. The zero-order valence-corrected chi connectivity index (χ0v) is 17.8. The molecule has 4 rings (SSSR count). The van der Waals surface area contributed by atoms with Crippen LogP contribution in [-0.2, 0) is 19.5 Å². The number of fused-ring (bicyclic) bond motifs is 1. The SMILES string of the molecule is CC(C)c1ccc(CN2CCc3nnc([C@H](C)NC(=O)c4ccco4)n3CC2)cc1. The van der Waals surface area contributed by atoms with Crippen molar-refractivity contribution in [2.24, 2.45) is 0 Å². The normalized spacial score (nSPS) is 15.6. The Balaban J connectivity index is 1.39. The van der Waals surface area contributed by atoms with Gasteiger partial charge in [-0.2, -0.15) is 0 Å². The smallest absolute Gasteiger partial charge is 0.287 e. The van der Waals surface area contributed by atoms with Crippen molar-refractivity contribution in [3.63, 3.8) is 0 Å². The lowest BCUT2D eigenvalue weighted by Gasteiger charge is -2.20. The fourth-order valence-electron chi connectivity index (χ4n) is 3.87. The van der Waals surface area contributed by atoms with Crippen LogP contribution in [0.2, 0.25) is 0 Å². The van der Waals surface area contributed by atoms with Crippen LogP contribution in [0.1, 0.15) is 66.1 Å². The van der Waals surface area contributed by atoms with Crippen molar-refractivity contribution in [2.45, 2.75) is 52.2 Å². The van der Waals surface area contributed by atoms with Crippen molar-refractivity contribution in [2.75, 3.05) is 13.1 Å². The fourth-order valence-corrected chi connectivity index (χ4v) is 3.87. The second-order valence-corrected chi connectivity index (χ2v) is 8.22. The quantitative estimate of drug-likeness (QED) is 0.676. The predicted molar refractivity (Wildman–Crippen MR) is 114 cm³/mol. The summed E-state index contributed by atoms with van der Waals surface area (Å²) in [6.07, 6.45) is 2.34. The summed E-state index contributed by atoms with van der Waals surface area (Å²) in [7, 11) is 0. The van der Waals surface area contributed by atoms with E-state index in [0.717, 1.165) is 44.2 Å². The first-order valence-electron chi connectivity index (χ1n) is 10.6. The molecule has 1 amide bonds. The Hall–Kier alpha value is -2.93. The van der Waals surface area contributed by atoms with E-state index in [4.69, 9.17) is 4.42 Å². The topological polar surface area (TPSA) is 76.2 Å². The average molecular weight is 408 g/mol. The summed E-state index contributed by atoms with van der Waals surface area (Å²) in [6, 6.07) is 12.0. The number of carbonyl (C=O) groups is 1. The van der Waals surface area contributed by atoms with E-state index >= 15 is 0 Å². The molecule has 0 fully saturated rings. The number of benzene rings is 1. The third kappa shape index (κ3) is 4.46. The van der Waals surface area contributed by atoms with Gasteiger partial charge in [0.15, 0.2) is 11.6 Å². The molecular weight excluding hydrogens is 378 g/mol. The lowest BCUT2D eigenvalue weighted by molar-refractivity contribution is 0.0909. The molecule has 7 heteroatoms. The van der Waals surface area contributed by atoms with Gasteiger partial charge in [0.2, 0.25) is 0 Å². The van der Waals surface area contributed by atoms with Crippen LogP contribution in [0.4, 0.5) is 0 Å². The van der Waals surface area contributed by atoms with Gasteiger partial charge in [-0.3, -0.25) is 9.69 Å². The number of nitrogens with zero attached hydrogens (tertiary/aromatic N) is 4. The average Bonchev–Trinajstić information content (AvgIpc) is 3.37. The zero-order chi connectivity index (χ0) is 21.1. The van der Waals surface area contributed by atoms with Gasteiger partial charge >= 0.3 is 0 Å². The Morgan fingerprint density at radius 2 is 1.90 bits per heavy atom. The second kappa shape index (κ2) is 8.83. The highest BCUT2D eigenvalue weighted by molar-refractivity contribution is 5.91. The van der Waals surface area contributed by atoms with Crippen LogP contribution >= 0.6 is 0 Å². The van der Waals surface area contributed by atoms with Crippen molar-refractivity contribution < 1.29 is 9.21 Å². The summed E-state index contributed by atoms with van der Waals surface area (Å²) in [5, 5.41) is 11.7. The summed E-state index contributed by atoms with van der Waals surface area (Å²) in [6.45, 7) is 9.96. The van der Waals surface area contributed by atoms with Gasteiger partial charge in [0.25, 0.3) is 5.91 Å². The maximum atomic E-state index is 12.3. The van der Waals surface area contributed by atoms with Crippen LogP contribution in [-0.4, -0.2) is 38.7 Å². The van der Waals surface area contributed by atoms with E-state index in [0.29, 0.717) is 11.7 Å². The van der Waals surface area contributed by atoms with Crippen LogP contribution in [0.5, 0.6) is 0 Å². The van der Waals surface area contributed by atoms with Gasteiger partial charge in [-0.25, -0.2) is 0 Å². The summed E-state index contributed by atoms with van der Waals surface area (Å²) in [5.41, 5.74) is 2.70. The van der Waals surface area contributed by atoms with Crippen molar-refractivity contribution in [3.8, 4) is 0 Å². The molecule has 0 spiro atoms. The third-order valence-electron chi connectivity index (χ3n) is 5.68. The van der Waals surface area contributed by atoms with Gasteiger partial charge in [0.1, 0.15) is 5.82 Å². The number of carbonyl (C=O) groups excluding carboxylic acids is 1. The van der Waals surface area contributed by atoms with Gasteiger partial charge in [-0.1, -0.05) is 38.1 Å². The Labute approximate surface area is 177 Å². The van der Waals surface area contributed by atoms with Crippen LogP contribution < -0.4 is 5.32 Å². The number of rotatable bonds is 6. The fraction of sp³-hybridized carbons (Fsp3) is 0.435. The van der Waals surface area contributed by atoms with E-state index in [2.05, 4.69) is 63.1 Å². The molecule has 3 heterocycles. The Morgan fingerprint density at radius 1 is 1.10 bits per heavy atom. The number of nitrogens with one attached hydrogen (secondary N) is 1. The molecular formula is C23H29N5O2. The molecule has 7 nitrogen and oxygen atoms in total. The number of furan rings is 1.